The number of aryl methyl sites for hydroxylation is 2. The summed E-state index contributed by atoms with van der Waals surface area (Å²) in [5, 5.41) is 12.9. The van der Waals surface area contributed by atoms with Crippen LogP contribution in [-0.2, 0) is 20.9 Å². The Labute approximate surface area is 210 Å². The fourth-order valence-electron chi connectivity index (χ4n) is 3.73. The second-order valence-electron chi connectivity index (χ2n) is 8.20. The topological polar surface area (TPSA) is 105 Å². The molecule has 3 aromatic carbocycles. The minimum Gasteiger partial charge on any atom is -0.507 e. The van der Waals surface area contributed by atoms with E-state index in [4.69, 9.17) is 9.47 Å². The average Bonchev–Trinajstić information content (AvgIpc) is 2.86. The Bertz CT molecular complexity index is 1230. The number of rotatable bonds is 8. The first-order valence-electron chi connectivity index (χ1n) is 11.7. The van der Waals surface area contributed by atoms with Crippen LogP contribution in [0.15, 0.2) is 60.7 Å². The van der Waals surface area contributed by atoms with Crippen LogP contribution in [-0.4, -0.2) is 40.9 Å². The molecule has 188 valence electrons. The van der Waals surface area contributed by atoms with Gasteiger partial charge < -0.3 is 24.8 Å². The van der Waals surface area contributed by atoms with Crippen LogP contribution in [0.4, 0.5) is 5.69 Å². The van der Waals surface area contributed by atoms with Crippen LogP contribution in [0, 0.1) is 13.8 Å². The standard InChI is InChI=1S/C28H30N2O6/c1-5-30(17-20-10-8-7-9-11-20)27(33)23-16-22(12-13-24(23)31)36-25-18(3)14-21(15-19(25)4)29-26(32)28(34)35-6-2/h7-16,31H,5-6,17H2,1-4H3,(H,29,32). The van der Waals surface area contributed by atoms with Crippen molar-refractivity contribution in [2.75, 3.05) is 18.5 Å². The third-order valence-electron chi connectivity index (χ3n) is 5.48. The molecule has 0 saturated heterocycles. The van der Waals surface area contributed by atoms with Crippen molar-refractivity contribution in [3.8, 4) is 17.2 Å². The lowest BCUT2D eigenvalue weighted by molar-refractivity contribution is -0.152. The number of carbonyl (C=O) groups excluding carboxylic acids is 3. The second-order valence-corrected chi connectivity index (χ2v) is 8.20. The number of carbonyl (C=O) groups is 3. The van der Waals surface area contributed by atoms with Gasteiger partial charge in [-0.1, -0.05) is 30.3 Å². The van der Waals surface area contributed by atoms with Crippen molar-refractivity contribution in [2.45, 2.75) is 34.2 Å². The molecule has 8 heteroatoms. The van der Waals surface area contributed by atoms with E-state index in [2.05, 4.69) is 5.32 Å². The van der Waals surface area contributed by atoms with E-state index in [9.17, 15) is 19.5 Å². The Hall–Kier alpha value is -4.33. The molecule has 3 aromatic rings. The number of nitrogens with zero attached hydrogens (tertiary/aromatic N) is 1. The quantitative estimate of drug-likeness (QED) is 0.341. The summed E-state index contributed by atoms with van der Waals surface area (Å²) in [6, 6.07) is 17.5. The summed E-state index contributed by atoms with van der Waals surface area (Å²) in [7, 11) is 0. The van der Waals surface area contributed by atoms with Crippen LogP contribution in [0.25, 0.3) is 0 Å². The van der Waals surface area contributed by atoms with Gasteiger partial charge in [-0.05, 0) is 74.7 Å². The summed E-state index contributed by atoms with van der Waals surface area (Å²) in [5.41, 5.74) is 2.96. The fourth-order valence-corrected chi connectivity index (χ4v) is 3.73. The summed E-state index contributed by atoms with van der Waals surface area (Å²) in [6.07, 6.45) is 0. The third kappa shape index (κ3) is 6.41. The second kappa shape index (κ2) is 11.9. The molecule has 0 spiro atoms. The first-order valence-corrected chi connectivity index (χ1v) is 11.7. The lowest BCUT2D eigenvalue weighted by atomic mass is 10.1. The Morgan fingerprint density at radius 2 is 1.61 bits per heavy atom. The van der Waals surface area contributed by atoms with Gasteiger partial charge in [0.05, 0.1) is 12.2 Å². The van der Waals surface area contributed by atoms with Crippen LogP contribution in [0.2, 0.25) is 0 Å². The summed E-state index contributed by atoms with van der Waals surface area (Å²) in [5.74, 6) is -1.35. The van der Waals surface area contributed by atoms with E-state index in [1.807, 2.05) is 37.3 Å². The van der Waals surface area contributed by atoms with E-state index in [1.165, 1.54) is 12.1 Å². The molecule has 0 aliphatic rings. The largest absolute Gasteiger partial charge is 0.507 e. The maximum atomic E-state index is 13.2. The molecule has 0 unspecified atom stereocenters. The summed E-state index contributed by atoms with van der Waals surface area (Å²) in [4.78, 5) is 38.4. The molecule has 8 nitrogen and oxygen atoms in total. The fraction of sp³-hybridized carbons (Fsp3) is 0.250. The van der Waals surface area contributed by atoms with Gasteiger partial charge >= 0.3 is 11.9 Å². The van der Waals surface area contributed by atoms with Crippen LogP contribution < -0.4 is 10.1 Å². The Morgan fingerprint density at radius 3 is 2.22 bits per heavy atom. The molecule has 0 radical (unpaired) electrons. The average molecular weight is 491 g/mol. The highest BCUT2D eigenvalue weighted by Crippen LogP contribution is 2.34. The van der Waals surface area contributed by atoms with Gasteiger partial charge in [0.25, 0.3) is 5.91 Å². The smallest absolute Gasteiger partial charge is 0.397 e. The normalized spacial score (nSPS) is 10.4. The highest BCUT2D eigenvalue weighted by molar-refractivity contribution is 6.37. The lowest BCUT2D eigenvalue weighted by Gasteiger charge is -2.22. The third-order valence-corrected chi connectivity index (χ3v) is 5.48. The van der Waals surface area contributed by atoms with Gasteiger partial charge in [0.15, 0.2) is 0 Å². The molecule has 3 rings (SSSR count). The van der Waals surface area contributed by atoms with E-state index in [1.54, 1.807) is 43.9 Å². The lowest BCUT2D eigenvalue weighted by Crippen LogP contribution is -2.30. The Balaban J connectivity index is 1.80. The molecular formula is C28H30N2O6. The zero-order valence-corrected chi connectivity index (χ0v) is 20.8. The molecule has 0 heterocycles. The minimum atomic E-state index is -0.956. The van der Waals surface area contributed by atoms with Crippen LogP contribution >= 0.6 is 0 Å². The van der Waals surface area contributed by atoms with E-state index in [-0.39, 0.29) is 23.8 Å². The molecule has 0 fully saturated rings. The number of esters is 1. The predicted molar refractivity (Wildman–Crippen MR) is 136 cm³/mol. The van der Waals surface area contributed by atoms with Crippen molar-refractivity contribution in [3.63, 3.8) is 0 Å². The number of hydrogen-bond acceptors (Lipinski definition) is 6. The number of amides is 2. The van der Waals surface area contributed by atoms with Crippen LogP contribution in [0.5, 0.6) is 17.2 Å². The monoisotopic (exact) mass is 490 g/mol. The number of ether oxygens (including phenoxy) is 2. The summed E-state index contributed by atoms with van der Waals surface area (Å²) in [6.45, 7) is 8.09. The molecule has 36 heavy (non-hydrogen) atoms. The van der Waals surface area contributed by atoms with Gasteiger partial charge in [-0.25, -0.2) is 4.79 Å². The molecule has 0 bridgehead atoms. The van der Waals surface area contributed by atoms with Crippen molar-refractivity contribution in [2.24, 2.45) is 0 Å². The first-order chi connectivity index (χ1) is 17.2. The number of phenols is 1. The van der Waals surface area contributed by atoms with Crippen molar-refractivity contribution in [1.82, 2.24) is 4.90 Å². The van der Waals surface area contributed by atoms with E-state index < -0.39 is 11.9 Å². The zero-order valence-electron chi connectivity index (χ0n) is 20.8. The highest BCUT2D eigenvalue weighted by atomic mass is 16.5. The van der Waals surface area contributed by atoms with E-state index in [0.29, 0.717) is 41.4 Å². The van der Waals surface area contributed by atoms with Crippen molar-refractivity contribution < 1.29 is 29.0 Å². The number of phenolic OH excluding ortho intramolecular Hbond substituents is 1. The number of hydrogen-bond donors (Lipinski definition) is 2. The first kappa shape index (κ1) is 26.3. The number of aromatic hydroxyl groups is 1. The van der Waals surface area contributed by atoms with Crippen molar-refractivity contribution in [3.05, 3.63) is 82.9 Å². The summed E-state index contributed by atoms with van der Waals surface area (Å²) < 4.78 is 10.8. The molecule has 0 saturated carbocycles. The SMILES string of the molecule is CCOC(=O)C(=O)Nc1cc(C)c(Oc2ccc(O)c(C(=O)N(CC)Cc3ccccc3)c2)c(C)c1. The van der Waals surface area contributed by atoms with Gasteiger partial charge in [0.1, 0.15) is 17.2 Å². The van der Waals surface area contributed by atoms with E-state index >= 15 is 0 Å². The minimum absolute atomic E-state index is 0.108. The Morgan fingerprint density at radius 1 is 0.944 bits per heavy atom. The number of nitrogens with one attached hydrogen (secondary N) is 1. The maximum Gasteiger partial charge on any atom is 0.397 e. The molecule has 0 atom stereocenters. The van der Waals surface area contributed by atoms with Gasteiger partial charge in [-0.15, -0.1) is 0 Å². The van der Waals surface area contributed by atoms with Crippen LogP contribution in [0.1, 0.15) is 40.9 Å². The Kier molecular flexibility index (Phi) is 8.67. The molecule has 2 N–H and O–H groups in total. The van der Waals surface area contributed by atoms with E-state index in [0.717, 1.165) is 5.56 Å². The maximum absolute atomic E-state index is 13.2. The van der Waals surface area contributed by atoms with Crippen molar-refractivity contribution >= 4 is 23.5 Å². The van der Waals surface area contributed by atoms with Gasteiger partial charge in [0, 0.05) is 18.8 Å². The molecule has 2 amide bonds. The molecular weight excluding hydrogens is 460 g/mol. The summed E-state index contributed by atoms with van der Waals surface area (Å²) >= 11 is 0. The van der Waals surface area contributed by atoms with Gasteiger partial charge in [0.2, 0.25) is 0 Å². The molecule has 0 aliphatic carbocycles. The highest BCUT2D eigenvalue weighted by Gasteiger charge is 2.20. The predicted octanol–water partition coefficient (Wildman–Crippen LogP) is 4.97. The van der Waals surface area contributed by atoms with Crippen molar-refractivity contribution in [1.29, 1.82) is 0 Å². The van der Waals surface area contributed by atoms with Gasteiger partial charge in [-0.2, -0.15) is 0 Å². The number of benzene rings is 3. The number of anilines is 1. The zero-order chi connectivity index (χ0) is 26.2. The van der Waals surface area contributed by atoms with Gasteiger partial charge in [-0.3, -0.25) is 9.59 Å². The molecule has 0 aliphatic heterocycles. The molecule has 0 aromatic heterocycles. The van der Waals surface area contributed by atoms with Crippen LogP contribution in [0.3, 0.4) is 0 Å².